The van der Waals surface area contributed by atoms with Gasteiger partial charge >= 0.3 is 0 Å². The lowest BCUT2D eigenvalue weighted by molar-refractivity contribution is -0.138. The molecule has 0 saturated carbocycles. The Kier molecular flexibility index (Phi) is 2.83. The van der Waals surface area contributed by atoms with Crippen LogP contribution in [-0.2, 0) is 19.9 Å². The fraction of sp³-hybridized carbons (Fsp3) is 0.357. The highest BCUT2D eigenvalue weighted by molar-refractivity contribution is 6.31. The highest BCUT2D eigenvalue weighted by Gasteiger charge is 2.56. The number of aliphatic imine (C=N–C) groups is 1. The van der Waals surface area contributed by atoms with E-state index in [0.717, 1.165) is 10.5 Å². The van der Waals surface area contributed by atoms with Crippen molar-refractivity contribution in [1.82, 2.24) is 4.90 Å². The first-order valence-corrected chi connectivity index (χ1v) is 6.71. The maximum atomic E-state index is 12.5. The molecule has 2 aliphatic heterocycles. The van der Waals surface area contributed by atoms with Crippen molar-refractivity contribution in [3.63, 3.8) is 0 Å². The fourth-order valence-corrected chi connectivity index (χ4v) is 2.86. The molecular formula is C14H13ClN2O3. The van der Waals surface area contributed by atoms with E-state index in [9.17, 15) is 9.59 Å². The summed E-state index contributed by atoms with van der Waals surface area (Å²) in [5.41, 5.74) is 0.181. The van der Waals surface area contributed by atoms with Gasteiger partial charge in [0.15, 0.2) is 5.54 Å². The van der Waals surface area contributed by atoms with Crippen LogP contribution >= 0.6 is 11.6 Å². The van der Waals surface area contributed by atoms with Crippen molar-refractivity contribution >= 4 is 29.3 Å². The molecule has 1 aromatic rings. The third-order valence-corrected chi connectivity index (χ3v) is 3.91. The minimum atomic E-state index is -1.20. The van der Waals surface area contributed by atoms with Crippen LogP contribution in [-0.4, -0.2) is 36.3 Å². The zero-order valence-corrected chi connectivity index (χ0v) is 11.9. The van der Waals surface area contributed by atoms with Gasteiger partial charge in [-0.3, -0.25) is 14.5 Å². The van der Waals surface area contributed by atoms with Gasteiger partial charge in [0.1, 0.15) is 0 Å². The van der Waals surface area contributed by atoms with Crippen LogP contribution in [0.2, 0.25) is 5.02 Å². The van der Waals surface area contributed by atoms with Gasteiger partial charge in [-0.05, 0) is 25.1 Å². The molecule has 1 spiro atoms. The van der Waals surface area contributed by atoms with Crippen molar-refractivity contribution in [3.05, 3.63) is 34.3 Å². The van der Waals surface area contributed by atoms with Gasteiger partial charge in [0.25, 0.3) is 5.91 Å². The number of hydrogen-bond acceptors (Lipinski definition) is 4. The van der Waals surface area contributed by atoms with Crippen molar-refractivity contribution in [2.45, 2.75) is 18.9 Å². The normalized spacial score (nSPS) is 24.4. The lowest BCUT2D eigenvalue weighted by Crippen LogP contribution is -2.34. The third kappa shape index (κ3) is 1.59. The summed E-state index contributed by atoms with van der Waals surface area (Å²) in [6.07, 6.45) is 0.0201. The Labute approximate surface area is 121 Å². The molecule has 2 amide bonds. The summed E-state index contributed by atoms with van der Waals surface area (Å²) in [5.74, 6) is -0.182. The predicted molar refractivity (Wildman–Crippen MR) is 73.7 cm³/mol. The number of likely N-dealkylation sites (N-methyl/N-ethyl adjacent to an activating group) is 1. The van der Waals surface area contributed by atoms with Crippen LogP contribution in [0.25, 0.3) is 0 Å². The first-order valence-electron chi connectivity index (χ1n) is 6.33. The number of nitrogens with zero attached hydrogens (tertiary/aromatic N) is 2. The number of ether oxygens (including phenoxy) is 1. The van der Waals surface area contributed by atoms with E-state index in [0.29, 0.717) is 23.1 Å². The molecule has 0 aromatic heterocycles. The largest absolute Gasteiger partial charge is 0.478 e. The zero-order valence-electron chi connectivity index (χ0n) is 11.1. The maximum absolute atomic E-state index is 12.5. The Hall–Kier alpha value is -1.88. The summed E-state index contributed by atoms with van der Waals surface area (Å²) in [5, 5.41) is 0.505. The molecule has 0 bridgehead atoms. The molecule has 2 heterocycles. The summed E-state index contributed by atoms with van der Waals surface area (Å²) < 4.78 is 5.50. The summed E-state index contributed by atoms with van der Waals surface area (Å²) in [6, 6.07) is 5.19. The molecule has 1 fully saturated rings. The van der Waals surface area contributed by atoms with E-state index < -0.39 is 5.54 Å². The quantitative estimate of drug-likeness (QED) is 0.741. The number of carbonyl (C=O) groups excluding carboxylic acids is 2. The predicted octanol–water partition coefficient (Wildman–Crippen LogP) is 1.72. The first-order chi connectivity index (χ1) is 9.49. The SMILES string of the molecule is CCOC1=NC2(CC(=O)N(C)C2=O)c2cc(Cl)ccc21. The van der Waals surface area contributed by atoms with E-state index in [4.69, 9.17) is 16.3 Å². The van der Waals surface area contributed by atoms with Gasteiger partial charge in [0.2, 0.25) is 11.8 Å². The number of rotatable bonds is 1. The van der Waals surface area contributed by atoms with Gasteiger partial charge in [0.05, 0.1) is 13.0 Å². The average Bonchev–Trinajstić information content (AvgIpc) is 2.82. The molecule has 0 aliphatic carbocycles. The second-order valence-electron chi connectivity index (χ2n) is 4.83. The molecular weight excluding hydrogens is 280 g/mol. The third-order valence-electron chi connectivity index (χ3n) is 3.67. The number of carbonyl (C=O) groups is 2. The Morgan fingerprint density at radius 1 is 1.45 bits per heavy atom. The molecule has 3 rings (SSSR count). The second-order valence-corrected chi connectivity index (χ2v) is 5.27. The minimum absolute atomic E-state index is 0.0201. The number of imide groups is 1. The van der Waals surface area contributed by atoms with Gasteiger partial charge in [-0.2, -0.15) is 0 Å². The van der Waals surface area contributed by atoms with Crippen LogP contribution in [0.5, 0.6) is 0 Å². The lowest BCUT2D eigenvalue weighted by atomic mass is 9.88. The molecule has 1 saturated heterocycles. The monoisotopic (exact) mass is 292 g/mol. The molecule has 6 heteroatoms. The van der Waals surface area contributed by atoms with Crippen LogP contribution in [0.15, 0.2) is 23.2 Å². The smallest absolute Gasteiger partial charge is 0.262 e. The van der Waals surface area contributed by atoms with Crippen molar-refractivity contribution in [2.75, 3.05) is 13.7 Å². The van der Waals surface area contributed by atoms with Crippen molar-refractivity contribution in [1.29, 1.82) is 0 Å². The number of amides is 2. The number of hydrogen-bond donors (Lipinski definition) is 0. The van der Waals surface area contributed by atoms with Crippen LogP contribution in [0.1, 0.15) is 24.5 Å². The molecule has 0 N–H and O–H groups in total. The van der Waals surface area contributed by atoms with Crippen LogP contribution < -0.4 is 0 Å². The number of halogens is 1. The Balaban J connectivity index is 2.21. The molecule has 20 heavy (non-hydrogen) atoms. The number of likely N-dealkylation sites (tertiary alicyclic amines) is 1. The fourth-order valence-electron chi connectivity index (χ4n) is 2.69. The van der Waals surface area contributed by atoms with Crippen LogP contribution in [0.3, 0.4) is 0 Å². The van der Waals surface area contributed by atoms with E-state index in [1.807, 2.05) is 6.92 Å². The lowest BCUT2D eigenvalue weighted by Gasteiger charge is -2.18. The summed E-state index contributed by atoms with van der Waals surface area (Å²) in [7, 11) is 1.47. The zero-order chi connectivity index (χ0) is 14.5. The molecule has 1 unspecified atom stereocenters. The number of benzene rings is 1. The minimum Gasteiger partial charge on any atom is -0.478 e. The molecule has 2 aliphatic rings. The summed E-state index contributed by atoms with van der Waals surface area (Å²) in [6.45, 7) is 2.28. The van der Waals surface area contributed by atoms with E-state index in [1.165, 1.54) is 7.05 Å². The summed E-state index contributed by atoms with van der Waals surface area (Å²) in [4.78, 5) is 29.9. The number of fused-ring (bicyclic) bond motifs is 2. The van der Waals surface area contributed by atoms with Gasteiger partial charge in [-0.15, -0.1) is 0 Å². The van der Waals surface area contributed by atoms with Gasteiger partial charge < -0.3 is 4.74 Å². The Morgan fingerprint density at radius 3 is 2.80 bits per heavy atom. The summed E-state index contributed by atoms with van der Waals surface area (Å²) >= 11 is 6.03. The van der Waals surface area contributed by atoms with E-state index in [1.54, 1.807) is 18.2 Å². The first kappa shape index (κ1) is 13.1. The molecule has 1 atom stereocenters. The average molecular weight is 293 g/mol. The van der Waals surface area contributed by atoms with Crippen molar-refractivity contribution < 1.29 is 14.3 Å². The van der Waals surface area contributed by atoms with Gasteiger partial charge in [-0.25, -0.2) is 4.99 Å². The molecule has 0 radical (unpaired) electrons. The highest BCUT2D eigenvalue weighted by Crippen LogP contribution is 2.44. The molecule has 1 aromatic carbocycles. The highest BCUT2D eigenvalue weighted by atomic mass is 35.5. The van der Waals surface area contributed by atoms with Crippen LogP contribution in [0, 0.1) is 0 Å². The van der Waals surface area contributed by atoms with Crippen molar-refractivity contribution in [2.24, 2.45) is 4.99 Å². The van der Waals surface area contributed by atoms with E-state index in [-0.39, 0.29) is 18.2 Å². The van der Waals surface area contributed by atoms with E-state index in [2.05, 4.69) is 4.99 Å². The van der Waals surface area contributed by atoms with Crippen molar-refractivity contribution in [3.8, 4) is 0 Å². The van der Waals surface area contributed by atoms with Gasteiger partial charge in [0, 0.05) is 23.2 Å². The topological polar surface area (TPSA) is 59.0 Å². The molecule has 5 nitrogen and oxygen atoms in total. The Morgan fingerprint density at radius 2 is 2.20 bits per heavy atom. The standard InChI is InChI=1S/C14H13ClN2O3/c1-3-20-12-9-5-4-8(15)6-10(9)14(16-12)7-11(18)17(2)13(14)19/h4-6H,3,7H2,1-2H3. The van der Waals surface area contributed by atoms with Gasteiger partial charge in [-0.1, -0.05) is 11.6 Å². The second kappa shape index (κ2) is 4.31. The van der Waals surface area contributed by atoms with Crippen LogP contribution in [0.4, 0.5) is 0 Å². The van der Waals surface area contributed by atoms with E-state index >= 15 is 0 Å². The molecule has 104 valence electrons. The maximum Gasteiger partial charge on any atom is 0.262 e. The Bertz CT molecular complexity index is 656.